The van der Waals surface area contributed by atoms with Crippen molar-refractivity contribution in [2.45, 2.75) is 25.8 Å². The van der Waals surface area contributed by atoms with Gasteiger partial charge in [0.05, 0.1) is 12.3 Å². The number of aromatic nitrogens is 1. The summed E-state index contributed by atoms with van der Waals surface area (Å²) in [5, 5.41) is 0.798. The third-order valence-corrected chi connectivity index (χ3v) is 3.59. The molecule has 0 aliphatic rings. The lowest BCUT2D eigenvalue weighted by molar-refractivity contribution is 0.266. The van der Waals surface area contributed by atoms with Gasteiger partial charge in [-0.25, -0.2) is 0 Å². The van der Waals surface area contributed by atoms with Gasteiger partial charge in [-0.1, -0.05) is 28.1 Å². The minimum absolute atomic E-state index is 0.445. The normalized spacial score (nSPS) is 10.3. The highest BCUT2D eigenvalue weighted by Gasteiger charge is 2.08. The van der Waals surface area contributed by atoms with Crippen LogP contribution in [0.3, 0.4) is 0 Å². The van der Waals surface area contributed by atoms with Gasteiger partial charge in [0, 0.05) is 11.5 Å². The van der Waals surface area contributed by atoms with Gasteiger partial charge < -0.3 is 9.47 Å². The molecule has 1 heterocycles. The summed E-state index contributed by atoms with van der Waals surface area (Å²) in [5.41, 5.74) is 3.23. The summed E-state index contributed by atoms with van der Waals surface area (Å²) < 4.78 is 11.5. The molecular formula is C16H18BrNO2. The van der Waals surface area contributed by atoms with Gasteiger partial charge in [-0.3, -0.25) is 4.98 Å². The highest BCUT2D eigenvalue weighted by Crippen LogP contribution is 2.30. The number of nitrogens with zero attached hydrogens (tertiary/aromatic N) is 1. The van der Waals surface area contributed by atoms with E-state index in [0.717, 1.165) is 33.6 Å². The van der Waals surface area contributed by atoms with Crippen LogP contribution in [0.15, 0.2) is 36.5 Å². The van der Waals surface area contributed by atoms with Crippen molar-refractivity contribution < 1.29 is 9.47 Å². The molecule has 0 spiro atoms. The largest absolute Gasteiger partial charge is 0.490 e. The minimum Gasteiger partial charge on any atom is -0.490 e. The molecule has 0 N–H and O–H groups in total. The summed E-state index contributed by atoms with van der Waals surface area (Å²) in [6.45, 7) is 5.06. The summed E-state index contributed by atoms with van der Waals surface area (Å²) in [6.07, 6.45) is 1.78. The molecule has 1 aromatic carbocycles. The van der Waals surface area contributed by atoms with Crippen molar-refractivity contribution >= 4 is 15.9 Å². The Morgan fingerprint density at radius 1 is 1.15 bits per heavy atom. The monoisotopic (exact) mass is 335 g/mol. The zero-order chi connectivity index (χ0) is 14.4. The molecule has 0 unspecified atom stereocenters. The first kappa shape index (κ1) is 14.9. The summed E-state index contributed by atoms with van der Waals surface area (Å²) in [5.74, 6) is 1.53. The SMILES string of the molecule is CCOc1cc(CBr)ccc1OCc1ncccc1C. The van der Waals surface area contributed by atoms with Crippen LogP contribution >= 0.6 is 15.9 Å². The van der Waals surface area contributed by atoms with Crippen molar-refractivity contribution in [3.05, 3.63) is 53.3 Å². The van der Waals surface area contributed by atoms with Crippen LogP contribution in [0.5, 0.6) is 11.5 Å². The number of ether oxygens (including phenoxy) is 2. The van der Waals surface area contributed by atoms with Crippen LogP contribution in [0.1, 0.15) is 23.7 Å². The molecule has 0 amide bonds. The number of hydrogen-bond acceptors (Lipinski definition) is 3. The van der Waals surface area contributed by atoms with Gasteiger partial charge in [-0.05, 0) is 43.2 Å². The van der Waals surface area contributed by atoms with Crippen molar-refractivity contribution in [2.75, 3.05) is 6.61 Å². The van der Waals surface area contributed by atoms with Crippen LogP contribution in [0.4, 0.5) is 0 Å². The van der Waals surface area contributed by atoms with Gasteiger partial charge in [0.2, 0.25) is 0 Å². The Bertz CT molecular complexity index is 572. The Morgan fingerprint density at radius 2 is 2.00 bits per heavy atom. The molecule has 2 aromatic rings. The second kappa shape index (κ2) is 7.29. The molecule has 0 aliphatic carbocycles. The molecule has 0 atom stereocenters. The number of hydrogen-bond donors (Lipinski definition) is 0. The fraction of sp³-hybridized carbons (Fsp3) is 0.312. The number of aryl methyl sites for hydroxylation is 1. The predicted molar refractivity (Wildman–Crippen MR) is 83.5 cm³/mol. The van der Waals surface area contributed by atoms with Crippen LogP contribution in [0, 0.1) is 6.92 Å². The van der Waals surface area contributed by atoms with E-state index in [0.29, 0.717) is 13.2 Å². The van der Waals surface area contributed by atoms with E-state index in [9.17, 15) is 0 Å². The molecule has 106 valence electrons. The van der Waals surface area contributed by atoms with Crippen molar-refractivity contribution in [3.8, 4) is 11.5 Å². The highest BCUT2D eigenvalue weighted by molar-refractivity contribution is 9.08. The summed E-state index contributed by atoms with van der Waals surface area (Å²) in [7, 11) is 0. The summed E-state index contributed by atoms with van der Waals surface area (Å²) in [4.78, 5) is 4.33. The van der Waals surface area contributed by atoms with Crippen molar-refractivity contribution in [3.63, 3.8) is 0 Å². The third-order valence-electron chi connectivity index (χ3n) is 2.94. The maximum absolute atomic E-state index is 5.85. The number of rotatable bonds is 6. The molecule has 0 saturated carbocycles. The summed E-state index contributed by atoms with van der Waals surface area (Å²) in [6, 6.07) is 9.93. The highest BCUT2D eigenvalue weighted by atomic mass is 79.9. The van der Waals surface area contributed by atoms with E-state index in [-0.39, 0.29) is 0 Å². The zero-order valence-electron chi connectivity index (χ0n) is 11.7. The van der Waals surface area contributed by atoms with Crippen molar-refractivity contribution in [1.82, 2.24) is 4.98 Å². The topological polar surface area (TPSA) is 31.4 Å². The second-order valence-corrected chi connectivity index (χ2v) is 4.96. The Hall–Kier alpha value is -1.55. The maximum Gasteiger partial charge on any atom is 0.161 e. The molecule has 3 nitrogen and oxygen atoms in total. The van der Waals surface area contributed by atoms with Crippen molar-refractivity contribution in [2.24, 2.45) is 0 Å². The Balaban J connectivity index is 2.14. The predicted octanol–water partition coefficient (Wildman–Crippen LogP) is 4.26. The molecule has 20 heavy (non-hydrogen) atoms. The number of halogens is 1. The number of pyridine rings is 1. The smallest absolute Gasteiger partial charge is 0.161 e. The van der Waals surface area contributed by atoms with Gasteiger partial charge in [-0.2, -0.15) is 0 Å². The molecule has 0 fully saturated rings. The minimum atomic E-state index is 0.445. The maximum atomic E-state index is 5.85. The standard InChI is InChI=1S/C16H18BrNO2/c1-3-19-16-9-13(10-17)6-7-15(16)20-11-14-12(2)5-4-8-18-14/h4-9H,3,10-11H2,1-2H3. The van der Waals surface area contributed by atoms with Crippen molar-refractivity contribution in [1.29, 1.82) is 0 Å². The van der Waals surface area contributed by atoms with Crippen LogP contribution in [0.2, 0.25) is 0 Å². The van der Waals surface area contributed by atoms with Gasteiger partial charge >= 0.3 is 0 Å². The molecule has 4 heteroatoms. The van der Waals surface area contributed by atoms with E-state index in [2.05, 4.69) is 20.9 Å². The molecule has 0 radical (unpaired) electrons. The Kier molecular flexibility index (Phi) is 5.41. The lowest BCUT2D eigenvalue weighted by Crippen LogP contribution is -2.03. The van der Waals surface area contributed by atoms with Crippen LogP contribution in [-0.4, -0.2) is 11.6 Å². The van der Waals surface area contributed by atoms with Gasteiger partial charge in [-0.15, -0.1) is 0 Å². The van der Waals surface area contributed by atoms with E-state index < -0.39 is 0 Å². The van der Waals surface area contributed by atoms with Crippen LogP contribution < -0.4 is 9.47 Å². The third kappa shape index (κ3) is 3.73. The van der Waals surface area contributed by atoms with E-state index >= 15 is 0 Å². The zero-order valence-corrected chi connectivity index (χ0v) is 13.3. The van der Waals surface area contributed by atoms with Crippen LogP contribution in [-0.2, 0) is 11.9 Å². The quantitative estimate of drug-likeness (QED) is 0.739. The van der Waals surface area contributed by atoms with Gasteiger partial charge in [0.25, 0.3) is 0 Å². The summed E-state index contributed by atoms with van der Waals surface area (Å²) >= 11 is 3.45. The average molecular weight is 336 g/mol. The molecule has 0 bridgehead atoms. The average Bonchev–Trinajstić information content (AvgIpc) is 2.47. The fourth-order valence-corrected chi connectivity index (χ4v) is 2.19. The first-order valence-electron chi connectivity index (χ1n) is 6.59. The molecular weight excluding hydrogens is 318 g/mol. The van der Waals surface area contributed by atoms with E-state index in [1.807, 2.05) is 44.2 Å². The number of benzene rings is 1. The van der Waals surface area contributed by atoms with Gasteiger partial charge in [0.15, 0.2) is 11.5 Å². The Morgan fingerprint density at radius 3 is 2.70 bits per heavy atom. The second-order valence-electron chi connectivity index (χ2n) is 4.40. The first-order valence-corrected chi connectivity index (χ1v) is 7.71. The lowest BCUT2D eigenvalue weighted by atomic mass is 10.2. The molecule has 1 aromatic heterocycles. The fourth-order valence-electron chi connectivity index (χ4n) is 1.84. The molecule has 0 aliphatic heterocycles. The Labute approximate surface area is 128 Å². The van der Waals surface area contributed by atoms with E-state index in [1.165, 1.54) is 0 Å². The molecule has 0 saturated heterocycles. The van der Waals surface area contributed by atoms with E-state index in [1.54, 1.807) is 6.20 Å². The molecule has 2 rings (SSSR count). The van der Waals surface area contributed by atoms with Crippen LogP contribution in [0.25, 0.3) is 0 Å². The number of alkyl halides is 1. The first-order chi connectivity index (χ1) is 9.74. The van der Waals surface area contributed by atoms with E-state index in [4.69, 9.17) is 9.47 Å². The van der Waals surface area contributed by atoms with Gasteiger partial charge in [0.1, 0.15) is 6.61 Å². The lowest BCUT2D eigenvalue weighted by Gasteiger charge is -2.13.